The fourth-order valence-corrected chi connectivity index (χ4v) is 4.43. The van der Waals surface area contributed by atoms with Gasteiger partial charge in [-0.1, -0.05) is 60.3 Å². The van der Waals surface area contributed by atoms with Crippen LogP contribution in [0.1, 0.15) is 12.5 Å². The van der Waals surface area contributed by atoms with Gasteiger partial charge in [0.15, 0.2) is 0 Å². The summed E-state index contributed by atoms with van der Waals surface area (Å²) < 4.78 is 24.0. The van der Waals surface area contributed by atoms with Gasteiger partial charge in [0.05, 0.1) is 12.7 Å². The Balaban J connectivity index is 1.70. The molecule has 5 unspecified atom stereocenters. The Hall–Kier alpha value is -1.37. The molecule has 1 saturated heterocycles. The molecule has 3 rings (SSSR count). The van der Waals surface area contributed by atoms with Crippen molar-refractivity contribution in [3.63, 3.8) is 0 Å². The third-order valence-electron chi connectivity index (χ3n) is 4.55. The molecule has 0 radical (unpaired) electrons. The quantitative estimate of drug-likeness (QED) is 0.728. The summed E-state index contributed by atoms with van der Waals surface area (Å²) in [5.74, 6) is 0. The van der Waals surface area contributed by atoms with Crippen LogP contribution in [0.25, 0.3) is 0 Å². The van der Waals surface area contributed by atoms with Crippen LogP contribution in [0.15, 0.2) is 65.6 Å². The van der Waals surface area contributed by atoms with E-state index in [1.807, 2.05) is 43.3 Å². The largest absolute Gasteiger partial charge is 0.376 e. The highest BCUT2D eigenvalue weighted by atomic mass is 32.2. The molecule has 1 aliphatic heterocycles. The Morgan fingerprint density at radius 2 is 1.46 bits per heavy atom. The lowest BCUT2D eigenvalue weighted by Gasteiger charge is -2.44. The van der Waals surface area contributed by atoms with Gasteiger partial charge in [-0.2, -0.15) is 0 Å². The molecular weight excluding hydrogens is 348 g/mol. The standard InChI is InChI=1S/C21H26O4S/c1-15-18(24-14-16-10-6-4-7-11-16)19(22-2)20(23-3)21(25-15)26-17-12-8-5-9-13-17/h4-13,15,18-21H,14H2,1-3H3. The first-order valence-electron chi connectivity index (χ1n) is 8.81. The fraction of sp³-hybridized carbons (Fsp3) is 0.429. The van der Waals surface area contributed by atoms with E-state index in [1.165, 1.54) is 0 Å². The lowest BCUT2D eigenvalue weighted by molar-refractivity contribution is -0.226. The highest BCUT2D eigenvalue weighted by Gasteiger charge is 2.46. The molecular formula is C21H26O4S. The molecule has 5 heteroatoms. The van der Waals surface area contributed by atoms with Crippen molar-refractivity contribution in [1.29, 1.82) is 0 Å². The van der Waals surface area contributed by atoms with Crippen LogP contribution in [0.5, 0.6) is 0 Å². The molecule has 140 valence electrons. The van der Waals surface area contributed by atoms with Crippen LogP contribution in [0.3, 0.4) is 0 Å². The summed E-state index contributed by atoms with van der Waals surface area (Å²) in [7, 11) is 3.40. The molecule has 5 atom stereocenters. The zero-order chi connectivity index (χ0) is 18.4. The average molecular weight is 375 g/mol. The van der Waals surface area contributed by atoms with Gasteiger partial charge in [-0.05, 0) is 24.6 Å². The van der Waals surface area contributed by atoms with Crippen molar-refractivity contribution in [3.8, 4) is 0 Å². The Labute approximate surface area is 159 Å². The molecule has 0 aliphatic carbocycles. The second kappa shape index (κ2) is 9.53. The van der Waals surface area contributed by atoms with Crippen molar-refractivity contribution in [2.24, 2.45) is 0 Å². The summed E-state index contributed by atoms with van der Waals surface area (Å²) in [6.45, 7) is 2.55. The van der Waals surface area contributed by atoms with Gasteiger partial charge in [-0.15, -0.1) is 0 Å². The number of rotatable bonds is 7. The monoisotopic (exact) mass is 374 g/mol. The Bertz CT molecular complexity index is 650. The summed E-state index contributed by atoms with van der Waals surface area (Å²) in [5.41, 5.74) is 0.975. The zero-order valence-corrected chi connectivity index (χ0v) is 16.2. The Morgan fingerprint density at radius 1 is 0.846 bits per heavy atom. The molecule has 1 aliphatic rings. The lowest BCUT2D eigenvalue weighted by atomic mass is 10.00. The number of hydrogen-bond acceptors (Lipinski definition) is 5. The van der Waals surface area contributed by atoms with Gasteiger partial charge in [-0.3, -0.25) is 0 Å². The van der Waals surface area contributed by atoms with Gasteiger partial charge < -0.3 is 18.9 Å². The predicted molar refractivity (Wildman–Crippen MR) is 103 cm³/mol. The number of ether oxygens (including phenoxy) is 4. The van der Waals surface area contributed by atoms with Crippen LogP contribution in [-0.2, 0) is 25.6 Å². The second-order valence-electron chi connectivity index (χ2n) is 6.30. The van der Waals surface area contributed by atoms with Crippen LogP contribution >= 0.6 is 11.8 Å². The first-order chi connectivity index (χ1) is 12.7. The summed E-state index contributed by atoms with van der Waals surface area (Å²) in [4.78, 5) is 1.14. The highest BCUT2D eigenvalue weighted by Crippen LogP contribution is 2.36. The van der Waals surface area contributed by atoms with E-state index >= 15 is 0 Å². The molecule has 0 amide bonds. The molecule has 2 aromatic rings. The molecule has 0 bridgehead atoms. The van der Waals surface area contributed by atoms with Crippen molar-refractivity contribution in [2.75, 3.05) is 14.2 Å². The molecule has 0 aromatic heterocycles. The number of benzene rings is 2. The third kappa shape index (κ3) is 4.67. The minimum atomic E-state index is -0.220. The minimum absolute atomic E-state index is 0.101. The van der Waals surface area contributed by atoms with E-state index in [-0.39, 0.29) is 29.9 Å². The normalized spacial score (nSPS) is 28.8. The molecule has 26 heavy (non-hydrogen) atoms. The number of thioether (sulfide) groups is 1. The molecule has 4 nitrogen and oxygen atoms in total. The van der Waals surface area contributed by atoms with Crippen LogP contribution in [-0.4, -0.2) is 44.1 Å². The molecule has 2 aromatic carbocycles. The van der Waals surface area contributed by atoms with Crippen LogP contribution in [0.4, 0.5) is 0 Å². The highest BCUT2D eigenvalue weighted by molar-refractivity contribution is 7.99. The topological polar surface area (TPSA) is 36.9 Å². The maximum absolute atomic E-state index is 6.26. The lowest BCUT2D eigenvalue weighted by Crippen LogP contribution is -2.57. The van der Waals surface area contributed by atoms with E-state index in [2.05, 4.69) is 24.3 Å². The summed E-state index contributed by atoms with van der Waals surface area (Å²) >= 11 is 1.65. The zero-order valence-electron chi connectivity index (χ0n) is 15.4. The van der Waals surface area contributed by atoms with Crippen molar-refractivity contribution in [3.05, 3.63) is 66.2 Å². The van der Waals surface area contributed by atoms with Crippen molar-refractivity contribution >= 4 is 11.8 Å². The Kier molecular flexibility index (Phi) is 7.11. The maximum Gasteiger partial charge on any atom is 0.136 e. The van der Waals surface area contributed by atoms with Crippen LogP contribution < -0.4 is 0 Å². The average Bonchev–Trinajstić information content (AvgIpc) is 2.68. The molecule has 0 N–H and O–H groups in total. The molecule has 1 heterocycles. The fourth-order valence-electron chi connectivity index (χ4n) is 3.21. The molecule has 1 fully saturated rings. The summed E-state index contributed by atoms with van der Waals surface area (Å²) in [5, 5.41) is 0. The summed E-state index contributed by atoms with van der Waals surface area (Å²) in [6, 6.07) is 20.3. The van der Waals surface area contributed by atoms with E-state index in [0.717, 1.165) is 10.5 Å². The van der Waals surface area contributed by atoms with E-state index < -0.39 is 0 Å². The number of hydrogen-bond donors (Lipinski definition) is 0. The Morgan fingerprint density at radius 3 is 2.08 bits per heavy atom. The van der Waals surface area contributed by atoms with Crippen molar-refractivity contribution in [1.82, 2.24) is 0 Å². The van der Waals surface area contributed by atoms with E-state index in [9.17, 15) is 0 Å². The van der Waals surface area contributed by atoms with Crippen molar-refractivity contribution < 1.29 is 18.9 Å². The van der Waals surface area contributed by atoms with E-state index in [1.54, 1.807) is 26.0 Å². The van der Waals surface area contributed by atoms with Gasteiger partial charge in [0.1, 0.15) is 23.7 Å². The third-order valence-corrected chi connectivity index (χ3v) is 5.71. The second-order valence-corrected chi connectivity index (χ2v) is 7.47. The van der Waals surface area contributed by atoms with Crippen molar-refractivity contribution in [2.45, 2.75) is 48.3 Å². The number of methoxy groups -OCH3 is 2. The van der Waals surface area contributed by atoms with Gasteiger partial charge >= 0.3 is 0 Å². The predicted octanol–water partition coefficient (Wildman–Crippen LogP) is 4.14. The van der Waals surface area contributed by atoms with Crippen LogP contribution in [0.2, 0.25) is 0 Å². The first kappa shape index (κ1) is 19.4. The SMILES string of the molecule is COC1C(Sc2ccccc2)OC(C)C(OCc2ccccc2)C1OC. The smallest absolute Gasteiger partial charge is 0.136 e. The van der Waals surface area contributed by atoms with Gasteiger partial charge in [0, 0.05) is 19.1 Å². The van der Waals surface area contributed by atoms with E-state index in [4.69, 9.17) is 18.9 Å². The first-order valence-corrected chi connectivity index (χ1v) is 9.69. The van der Waals surface area contributed by atoms with E-state index in [0.29, 0.717) is 6.61 Å². The van der Waals surface area contributed by atoms with Gasteiger partial charge in [0.25, 0.3) is 0 Å². The minimum Gasteiger partial charge on any atom is -0.376 e. The summed E-state index contributed by atoms with van der Waals surface area (Å²) in [6.07, 6.45) is -0.718. The molecule has 0 saturated carbocycles. The van der Waals surface area contributed by atoms with Gasteiger partial charge in [0.2, 0.25) is 0 Å². The molecule has 0 spiro atoms. The maximum atomic E-state index is 6.26. The van der Waals surface area contributed by atoms with Crippen LogP contribution in [0, 0.1) is 0 Å². The van der Waals surface area contributed by atoms with Gasteiger partial charge in [-0.25, -0.2) is 0 Å².